The van der Waals surface area contributed by atoms with Gasteiger partial charge in [0.15, 0.2) is 0 Å². The fourth-order valence-corrected chi connectivity index (χ4v) is 17.3. The maximum absolute atomic E-state index is 2.61. The summed E-state index contributed by atoms with van der Waals surface area (Å²) in [5.74, 6) is 0. The zero-order valence-corrected chi connectivity index (χ0v) is 25.4. The van der Waals surface area contributed by atoms with Gasteiger partial charge in [-0.1, -0.05) is 18.4 Å². The molecule has 2 fully saturated rings. The van der Waals surface area contributed by atoms with Crippen LogP contribution in [0.15, 0.2) is 18.2 Å². The third-order valence-electron chi connectivity index (χ3n) is 7.77. The van der Waals surface area contributed by atoms with Gasteiger partial charge in [0.25, 0.3) is 0 Å². The first-order valence-corrected chi connectivity index (χ1v) is 15.8. The summed E-state index contributed by atoms with van der Waals surface area (Å²) in [5.41, 5.74) is 4.63. The van der Waals surface area contributed by atoms with Crippen LogP contribution in [0.4, 0.5) is 0 Å². The Morgan fingerprint density at radius 1 is 0.806 bits per heavy atom. The molecule has 182 valence electrons. The van der Waals surface area contributed by atoms with E-state index >= 15 is 0 Å². The Hall–Kier alpha value is 0.872. The molecule has 0 saturated heterocycles. The molecule has 0 spiro atoms. The summed E-state index contributed by atoms with van der Waals surface area (Å²) in [6.45, 7) is 17.7. The van der Waals surface area contributed by atoms with Gasteiger partial charge >= 0.3 is 20.4 Å². The molecule has 0 aromatic heterocycles. The summed E-state index contributed by atoms with van der Waals surface area (Å²) < 4.78 is 0. The van der Waals surface area contributed by atoms with Crippen molar-refractivity contribution in [2.24, 2.45) is 0 Å². The minimum atomic E-state index is -0.575. The van der Waals surface area contributed by atoms with Gasteiger partial charge in [0.1, 0.15) is 0 Å². The molecule has 0 amide bonds. The average molecular weight is 557 g/mol. The maximum Gasteiger partial charge on any atom is 2.00 e. The number of hydrogen-bond acceptors (Lipinski definition) is 0. The molecule has 0 aliphatic heterocycles. The van der Waals surface area contributed by atoms with Crippen molar-refractivity contribution in [2.45, 2.75) is 140 Å². The van der Waals surface area contributed by atoms with E-state index < -0.39 is 15.8 Å². The van der Waals surface area contributed by atoms with Crippen molar-refractivity contribution in [1.82, 2.24) is 0 Å². The van der Waals surface area contributed by atoms with Crippen LogP contribution in [-0.2, 0) is 20.4 Å². The molecule has 0 bridgehead atoms. The van der Waals surface area contributed by atoms with Crippen LogP contribution in [0.1, 0.15) is 124 Å². The SMILES string of the molecule is C[C@@H](c1ccc[c-]1[PH+](C1CCCCC1)C1CCCCC1)[PH+](C(C)(C)C)C(C)(C)C.[CH3-].[Pd+2]. The Morgan fingerprint density at radius 2 is 1.23 bits per heavy atom. The van der Waals surface area contributed by atoms with Crippen molar-refractivity contribution in [1.29, 1.82) is 0 Å². The van der Waals surface area contributed by atoms with Gasteiger partial charge in [0.05, 0.1) is 27.3 Å². The zero-order chi connectivity index (χ0) is 21.2. The predicted molar refractivity (Wildman–Crippen MR) is 146 cm³/mol. The van der Waals surface area contributed by atoms with E-state index in [0.29, 0.717) is 10.3 Å². The minimum absolute atomic E-state index is 0. The standard InChI is InChI=1S/C27H48P2.CH3.Pd/c1-21(29(26(2,3)4)27(5,6)7)24-19-14-20-25(24)28(22-15-10-8-11-16-22)23-17-12-9-13-18-23;;/h14,19-23,28H,8-13,15-18H2,1-7H3;1H3;/q;-1;+2/p+1/t21-;;/m0../s1. The molecule has 2 saturated carbocycles. The summed E-state index contributed by atoms with van der Waals surface area (Å²) in [6.07, 6.45) is 15.1. The predicted octanol–water partition coefficient (Wildman–Crippen LogP) is 9.23. The van der Waals surface area contributed by atoms with Crippen LogP contribution in [0.2, 0.25) is 0 Å². The molecule has 3 heteroatoms. The zero-order valence-electron chi connectivity index (χ0n) is 21.9. The van der Waals surface area contributed by atoms with Crippen LogP contribution in [0.25, 0.3) is 0 Å². The molecule has 1 aromatic rings. The molecular weight excluding hydrogens is 505 g/mol. The van der Waals surface area contributed by atoms with E-state index in [2.05, 4.69) is 66.7 Å². The van der Waals surface area contributed by atoms with E-state index in [1.54, 1.807) is 5.56 Å². The Bertz CT molecular complexity index is 592. The molecule has 1 aromatic carbocycles. The fourth-order valence-electron chi connectivity index (χ4n) is 7.25. The molecule has 0 heterocycles. The summed E-state index contributed by atoms with van der Waals surface area (Å²) >= 11 is 0. The van der Waals surface area contributed by atoms with Crippen molar-refractivity contribution in [3.8, 4) is 0 Å². The van der Waals surface area contributed by atoms with Crippen LogP contribution >= 0.6 is 15.8 Å². The molecule has 31 heavy (non-hydrogen) atoms. The quantitative estimate of drug-likeness (QED) is 0.193. The van der Waals surface area contributed by atoms with Crippen molar-refractivity contribution >= 4 is 21.1 Å². The molecule has 0 unspecified atom stereocenters. The minimum Gasteiger partial charge on any atom is -0.358 e. The summed E-state index contributed by atoms with van der Waals surface area (Å²) in [7, 11) is -1.04. The second-order valence-electron chi connectivity index (χ2n) is 12.2. The molecular formula is C28H52P2Pd+2. The number of rotatable bonds is 5. The first kappa shape index (κ1) is 29.9. The smallest absolute Gasteiger partial charge is 0.358 e. The van der Waals surface area contributed by atoms with Crippen LogP contribution in [-0.4, -0.2) is 21.6 Å². The monoisotopic (exact) mass is 556 g/mol. The summed E-state index contributed by atoms with van der Waals surface area (Å²) in [5, 5.41) is 2.75. The van der Waals surface area contributed by atoms with Crippen molar-refractivity contribution in [2.75, 3.05) is 0 Å². The molecule has 0 N–H and O–H groups in total. The van der Waals surface area contributed by atoms with Gasteiger partial charge in [0.2, 0.25) is 0 Å². The van der Waals surface area contributed by atoms with Gasteiger partial charge in [0, 0.05) is 7.92 Å². The maximum atomic E-state index is 2.61. The first-order chi connectivity index (χ1) is 13.6. The molecule has 0 nitrogen and oxygen atoms in total. The van der Waals surface area contributed by atoms with E-state index in [-0.39, 0.29) is 27.8 Å². The third kappa shape index (κ3) is 7.43. The largest absolute Gasteiger partial charge is 2.00 e. The Kier molecular flexibility index (Phi) is 12.1. The average Bonchev–Trinajstić information content (AvgIpc) is 3.11. The van der Waals surface area contributed by atoms with Gasteiger partial charge in [-0.25, -0.2) is 12.1 Å². The molecule has 1 atom stereocenters. The van der Waals surface area contributed by atoms with Gasteiger partial charge in [-0.2, -0.15) is 0 Å². The Balaban J connectivity index is 0.00000240. The van der Waals surface area contributed by atoms with Crippen LogP contribution in [0, 0.1) is 7.43 Å². The molecule has 3 rings (SSSR count). The van der Waals surface area contributed by atoms with E-state index in [0.717, 1.165) is 17.0 Å². The van der Waals surface area contributed by atoms with E-state index in [9.17, 15) is 0 Å². The van der Waals surface area contributed by atoms with Gasteiger partial charge in [-0.05, 0) is 113 Å². The molecule has 2 aliphatic carbocycles. The summed E-state index contributed by atoms with van der Waals surface area (Å²) in [4.78, 5) is 0. The Morgan fingerprint density at radius 3 is 1.61 bits per heavy atom. The van der Waals surface area contributed by atoms with Gasteiger partial charge in [-0.3, -0.25) is 0 Å². The van der Waals surface area contributed by atoms with Crippen molar-refractivity contribution in [3.63, 3.8) is 0 Å². The second-order valence-corrected chi connectivity index (χ2v) is 19.9. The third-order valence-corrected chi connectivity index (χ3v) is 16.2. The van der Waals surface area contributed by atoms with Crippen LogP contribution in [0.5, 0.6) is 0 Å². The Labute approximate surface area is 212 Å². The van der Waals surface area contributed by atoms with Gasteiger partial charge < -0.3 is 7.43 Å². The van der Waals surface area contributed by atoms with Crippen molar-refractivity contribution < 1.29 is 20.4 Å². The van der Waals surface area contributed by atoms with E-state index in [4.69, 9.17) is 0 Å². The molecule has 2 aliphatic rings. The normalized spacial score (nSPS) is 20.4. The van der Waals surface area contributed by atoms with Crippen LogP contribution < -0.4 is 5.30 Å². The van der Waals surface area contributed by atoms with Gasteiger partial charge in [-0.15, -0.1) is 6.07 Å². The molecule has 0 radical (unpaired) electrons. The first-order valence-electron chi connectivity index (χ1n) is 12.6. The fraction of sp³-hybridized carbons (Fsp3) is 0.786. The van der Waals surface area contributed by atoms with E-state index in [1.165, 1.54) is 64.2 Å². The topological polar surface area (TPSA) is 0 Å². The van der Waals surface area contributed by atoms with Crippen LogP contribution in [0.3, 0.4) is 0 Å². The second kappa shape index (κ2) is 12.5. The van der Waals surface area contributed by atoms with E-state index in [1.807, 2.05) is 5.30 Å². The van der Waals surface area contributed by atoms with Crippen molar-refractivity contribution in [3.05, 3.63) is 31.2 Å². The summed E-state index contributed by atoms with van der Waals surface area (Å²) in [6, 6.07) is 7.59. The number of hydrogen-bond donors (Lipinski definition) is 0.